The van der Waals surface area contributed by atoms with E-state index in [2.05, 4.69) is 0 Å². The first kappa shape index (κ1) is 7.10. The third-order valence-corrected chi connectivity index (χ3v) is 2.81. The maximum atomic E-state index is 10.7. The van der Waals surface area contributed by atoms with Crippen LogP contribution in [-0.2, 0) is 9.53 Å². The van der Waals surface area contributed by atoms with E-state index in [1.807, 2.05) is 0 Å². The number of carbonyl (C=O) groups is 1. The van der Waals surface area contributed by atoms with E-state index in [1.165, 1.54) is 0 Å². The third-order valence-electron chi connectivity index (χ3n) is 2.81. The molecule has 2 unspecified atom stereocenters. The molecule has 3 heteroatoms. The largest absolute Gasteiger partial charge is 0.481 e. The van der Waals surface area contributed by atoms with Crippen LogP contribution >= 0.6 is 0 Å². The SMILES string of the molecule is O=C(O)[C@H]1CC2CCC1CO2. The van der Waals surface area contributed by atoms with Gasteiger partial charge in [-0.1, -0.05) is 0 Å². The molecule has 2 aliphatic heterocycles. The van der Waals surface area contributed by atoms with E-state index in [9.17, 15) is 4.79 Å². The topological polar surface area (TPSA) is 46.5 Å². The van der Waals surface area contributed by atoms with Gasteiger partial charge in [-0.2, -0.15) is 0 Å². The summed E-state index contributed by atoms with van der Waals surface area (Å²) < 4.78 is 5.39. The van der Waals surface area contributed by atoms with Crippen LogP contribution in [0.15, 0.2) is 0 Å². The van der Waals surface area contributed by atoms with Crippen molar-refractivity contribution in [3.63, 3.8) is 0 Å². The van der Waals surface area contributed by atoms with Gasteiger partial charge in [0.25, 0.3) is 0 Å². The van der Waals surface area contributed by atoms with Gasteiger partial charge in [0, 0.05) is 0 Å². The zero-order valence-corrected chi connectivity index (χ0v) is 6.32. The van der Waals surface area contributed by atoms with Gasteiger partial charge in [-0.3, -0.25) is 4.79 Å². The molecule has 1 aliphatic carbocycles. The molecule has 0 amide bonds. The average molecular weight is 156 g/mol. The Balaban J connectivity index is 2.08. The van der Waals surface area contributed by atoms with Crippen molar-refractivity contribution in [2.75, 3.05) is 6.61 Å². The molecule has 2 heterocycles. The number of carboxylic acid groups (broad SMARTS) is 1. The van der Waals surface area contributed by atoms with E-state index in [1.54, 1.807) is 0 Å². The number of rotatable bonds is 1. The van der Waals surface area contributed by atoms with Gasteiger partial charge in [-0.05, 0) is 25.2 Å². The molecule has 2 saturated heterocycles. The van der Waals surface area contributed by atoms with Gasteiger partial charge >= 0.3 is 5.97 Å². The Morgan fingerprint density at radius 1 is 1.45 bits per heavy atom. The predicted molar refractivity (Wildman–Crippen MR) is 38.2 cm³/mol. The highest BCUT2D eigenvalue weighted by Gasteiger charge is 2.40. The van der Waals surface area contributed by atoms with Gasteiger partial charge in [-0.25, -0.2) is 0 Å². The van der Waals surface area contributed by atoms with Gasteiger partial charge in [-0.15, -0.1) is 0 Å². The lowest BCUT2D eigenvalue weighted by molar-refractivity contribution is -0.158. The summed E-state index contributed by atoms with van der Waals surface area (Å²) in [5, 5.41) is 8.80. The van der Waals surface area contributed by atoms with Gasteiger partial charge in [0.1, 0.15) is 0 Å². The summed E-state index contributed by atoms with van der Waals surface area (Å²) in [4.78, 5) is 10.7. The second kappa shape index (κ2) is 2.48. The Hall–Kier alpha value is -0.570. The minimum atomic E-state index is -0.636. The van der Waals surface area contributed by atoms with Crippen molar-refractivity contribution in [3.8, 4) is 0 Å². The molecular formula is C8H12O3. The number of fused-ring (bicyclic) bond motifs is 3. The van der Waals surface area contributed by atoms with Crippen LogP contribution in [0.2, 0.25) is 0 Å². The molecule has 0 radical (unpaired) electrons. The van der Waals surface area contributed by atoms with Crippen molar-refractivity contribution in [1.29, 1.82) is 0 Å². The predicted octanol–water partition coefficient (Wildman–Crippen LogP) is 0.886. The first-order valence-electron chi connectivity index (χ1n) is 4.12. The zero-order chi connectivity index (χ0) is 7.84. The lowest BCUT2D eigenvalue weighted by Crippen LogP contribution is -2.42. The highest BCUT2D eigenvalue weighted by Crippen LogP contribution is 2.37. The molecule has 3 fully saturated rings. The van der Waals surface area contributed by atoms with E-state index in [-0.39, 0.29) is 17.9 Å². The molecule has 62 valence electrons. The number of hydrogen-bond acceptors (Lipinski definition) is 2. The number of hydrogen-bond donors (Lipinski definition) is 1. The lowest BCUT2D eigenvalue weighted by Gasteiger charge is -2.40. The zero-order valence-electron chi connectivity index (χ0n) is 6.32. The smallest absolute Gasteiger partial charge is 0.306 e. The molecule has 3 nitrogen and oxygen atoms in total. The van der Waals surface area contributed by atoms with E-state index in [0.29, 0.717) is 6.61 Å². The molecule has 3 rings (SSSR count). The molecule has 0 spiro atoms. The van der Waals surface area contributed by atoms with Gasteiger partial charge < -0.3 is 9.84 Å². The summed E-state index contributed by atoms with van der Waals surface area (Å²) in [6.45, 7) is 0.668. The van der Waals surface area contributed by atoms with Crippen molar-refractivity contribution in [3.05, 3.63) is 0 Å². The van der Waals surface area contributed by atoms with Crippen LogP contribution in [-0.4, -0.2) is 23.8 Å². The first-order valence-corrected chi connectivity index (χ1v) is 4.12. The summed E-state index contributed by atoms with van der Waals surface area (Å²) in [5.74, 6) is -0.469. The van der Waals surface area contributed by atoms with Gasteiger partial charge in [0.2, 0.25) is 0 Å². The van der Waals surface area contributed by atoms with Crippen LogP contribution in [0.1, 0.15) is 19.3 Å². The molecule has 3 aliphatic rings. The fourth-order valence-corrected chi connectivity index (χ4v) is 2.11. The number of carboxylic acids is 1. The fraction of sp³-hybridized carbons (Fsp3) is 0.875. The molecule has 3 atom stereocenters. The van der Waals surface area contributed by atoms with Crippen LogP contribution in [0.3, 0.4) is 0 Å². The quantitative estimate of drug-likeness (QED) is 0.613. The summed E-state index contributed by atoms with van der Waals surface area (Å²) in [5.41, 5.74) is 0. The molecule has 0 aromatic rings. The minimum Gasteiger partial charge on any atom is -0.481 e. The summed E-state index contributed by atoms with van der Waals surface area (Å²) >= 11 is 0. The summed E-state index contributed by atoms with van der Waals surface area (Å²) in [6.07, 6.45) is 3.08. The lowest BCUT2D eigenvalue weighted by atomic mass is 9.76. The van der Waals surface area contributed by atoms with Crippen molar-refractivity contribution < 1.29 is 14.6 Å². The van der Waals surface area contributed by atoms with Crippen molar-refractivity contribution in [1.82, 2.24) is 0 Å². The number of ether oxygens (including phenoxy) is 1. The number of aliphatic carboxylic acids is 1. The second-order valence-electron chi connectivity index (χ2n) is 3.47. The van der Waals surface area contributed by atoms with Crippen LogP contribution in [0.25, 0.3) is 0 Å². The molecular weight excluding hydrogens is 144 g/mol. The molecule has 0 aromatic heterocycles. The van der Waals surface area contributed by atoms with E-state index in [4.69, 9.17) is 9.84 Å². The normalized spacial score (nSPS) is 42.4. The average Bonchev–Trinajstić information content (AvgIpc) is 2.06. The Morgan fingerprint density at radius 2 is 2.27 bits per heavy atom. The van der Waals surface area contributed by atoms with Crippen LogP contribution in [0.4, 0.5) is 0 Å². The summed E-state index contributed by atoms with van der Waals surface area (Å²) in [6, 6.07) is 0. The Labute approximate surface area is 65.4 Å². The highest BCUT2D eigenvalue weighted by atomic mass is 16.5. The molecule has 1 N–H and O–H groups in total. The van der Waals surface area contributed by atoms with Crippen LogP contribution in [0.5, 0.6) is 0 Å². The van der Waals surface area contributed by atoms with E-state index < -0.39 is 5.97 Å². The maximum Gasteiger partial charge on any atom is 0.306 e. The minimum absolute atomic E-state index is 0.123. The summed E-state index contributed by atoms with van der Waals surface area (Å²) in [7, 11) is 0. The van der Waals surface area contributed by atoms with Gasteiger partial charge in [0.05, 0.1) is 18.6 Å². The van der Waals surface area contributed by atoms with Crippen molar-refractivity contribution in [2.45, 2.75) is 25.4 Å². The maximum absolute atomic E-state index is 10.7. The Kier molecular flexibility index (Phi) is 1.60. The van der Waals surface area contributed by atoms with E-state index >= 15 is 0 Å². The monoisotopic (exact) mass is 156 g/mol. The third kappa shape index (κ3) is 1.13. The van der Waals surface area contributed by atoms with Gasteiger partial charge in [0.15, 0.2) is 0 Å². The molecule has 11 heavy (non-hydrogen) atoms. The van der Waals surface area contributed by atoms with E-state index in [0.717, 1.165) is 19.3 Å². The first-order chi connectivity index (χ1) is 5.27. The molecule has 2 bridgehead atoms. The van der Waals surface area contributed by atoms with Crippen LogP contribution in [0, 0.1) is 11.8 Å². The van der Waals surface area contributed by atoms with Crippen molar-refractivity contribution >= 4 is 5.97 Å². The second-order valence-corrected chi connectivity index (χ2v) is 3.47. The molecule has 0 aromatic carbocycles. The van der Waals surface area contributed by atoms with Crippen molar-refractivity contribution in [2.24, 2.45) is 11.8 Å². The highest BCUT2D eigenvalue weighted by molar-refractivity contribution is 5.70. The Morgan fingerprint density at radius 3 is 2.55 bits per heavy atom. The van der Waals surface area contributed by atoms with Crippen LogP contribution < -0.4 is 0 Å². The Bertz CT molecular complexity index is 170. The molecule has 1 saturated carbocycles. The fourth-order valence-electron chi connectivity index (χ4n) is 2.11. The standard InChI is InChI=1S/C8H12O3/c9-8(10)7-3-6-2-1-5(7)4-11-6/h5-7H,1-4H2,(H,9,10)/t5?,6?,7-/m0/s1.